The summed E-state index contributed by atoms with van der Waals surface area (Å²) in [5.41, 5.74) is 1.73. The van der Waals surface area contributed by atoms with Gasteiger partial charge in [0.1, 0.15) is 5.69 Å². The van der Waals surface area contributed by atoms with Gasteiger partial charge in [-0.15, -0.1) is 0 Å². The van der Waals surface area contributed by atoms with E-state index in [2.05, 4.69) is 10.6 Å². The third kappa shape index (κ3) is 3.62. The Balaban J connectivity index is 1.41. The van der Waals surface area contributed by atoms with Gasteiger partial charge in [0.05, 0.1) is 36.5 Å². The van der Waals surface area contributed by atoms with Crippen LogP contribution in [0.3, 0.4) is 0 Å². The molecule has 8 heteroatoms. The summed E-state index contributed by atoms with van der Waals surface area (Å²) in [4.78, 5) is 25.6. The minimum Gasteiger partial charge on any atom is -0.376 e. The van der Waals surface area contributed by atoms with Crippen LogP contribution in [0.2, 0.25) is 0 Å². The van der Waals surface area contributed by atoms with Crippen LogP contribution in [0, 0.1) is 0 Å². The van der Waals surface area contributed by atoms with Gasteiger partial charge in [-0.3, -0.25) is 13.6 Å². The number of amides is 2. The highest BCUT2D eigenvalue weighted by Gasteiger charge is 2.21. The number of carbonyl (C=O) groups is 2. The van der Waals surface area contributed by atoms with E-state index >= 15 is 0 Å². The zero-order valence-corrected chi connectivity index (χ0v) is 14.9. The second-order valence-electron chi connectivity index (χ2n) is 6.09. The fourth-order valence-electron chi connectivity index (χ4n) is 2.91. The maximum absolute atomic E-state index is 12.4. The van der Waals surface area contributed by atoms with E-state index in [0.29, 0.717) is 49.7 Å². The number of anilines is 1. The van der Waals surface area contributed by atoms with E-state index in [1.165, 1.54) is 11.9 Å². The number of hydrogen-bond acceptors (Lipinski definition) is 5. The molecule has 1 saturated heterocycles. The van der Waals surface area contributed by atoms with Crippen molar-refractivity contribution in [3.63, 3.8) is 0 Å². The van der Waals surface area contributed by atoms with Crippen molar-refractivity contribution >= 4 is 29.4 Å². The number of nitrogens with one attached hydrogen (secondary N) is 2. The zero-order valence-electron chi connectivity index (χ0n) is 14.1. The first-order valence-electron chi connectivity index (χ1n) is 8.49. The van der Waals surface area contributed by atoms with Crippen molar-refractivity contribution in [2.24, 2.45) is 0 Å². The molecule has 2 aliphatic heterocycles. The van der Waals surface area contributed by atoms with Crippen LogP contribution in [0.5, 0.6) is 0 Å². The van der Waals surface area contributed by atoms with Crippen LogP contribution >= 0.6 is 11.9 Å². The molecule has 0 unspecified atom stereocenters. The van der Waals surface area contributed by atoms with E-state index in [1.54, 1.807) is 18.2 Å². The van der Waals surface area contributed by atoms with Crippen molar-refractivity contribution < 1.29 is 19.1 Å². The molecular formula is C18H19N3O4S. The fourth-order valence-corrected chi connectivity index (χ4v) is 3.84. The molecular weight excluding hydrogens is 354 g/mol. The number of benzene rings is 1. The van der Waals surface area contributed by atoms with Crippen LogP contribution in [0.15, 0.2) is 41.4 Å². The first-order chi connectivity index (χ1) is 12.7. The van der Waals surface area contributed by atoms with Gasteiger partial charge in [0.15, 0.2) is 0 Å². The smallest absolute Gasteiger partial charge is 0.273 e. The van der Waals surface area contributed by atoms with Gasteiger partial charge in [-0.2, -0.15) is 0 Å². The number of aromatic nitrogens is 1. The molecule has 2 amide bonds. The molecule has 2 N–H and O–H groups in total. The normalized spacial score (nSPS) is 19.1. The molecule has 1 fully saturated rings. The van der Waals surface area contributed by atoms with Crippen molar-refractivity contribution in [2.75, 3.05) is 31.7 Å². The average molecular weight is 373 g/mol. The minimum atomic E-state index is -0.187. The zero-order chi connectivity index (χ0) is 17.9. The van der Waals surface area contributed by atoms with Crippen molar-refractivity contribution in [1.82, 2.24) is 9.29 Å². The Morgan fingerprint density at radius 3 is 3.12 bits per heavy atom. The Morgan fingerprint density at radius 1 is 1.35 bits per heavy atom. The molecule has 1 aromatic heterocycles. The summed E-state index contributed by atoms with van der Waals surface area (Å²) < 4.78 is 12.7. The van der Waals surface area contributed by atoms with Crippen LogP contribution < -0.4 is 10.6 Å². The third-order valence-corrected chi connectivity index (χ3v) is 5.34. The van der Waals surface area contributed by atoms with Crippen molar-refractivity contribution in [3.8, 4) is 0 Å². The van der Waals surface area contributed by atoms with Gasteiger partial charge in [-0.05, 0) is 48.7 Å². The lowest BCUT2D eigenvalue weighted by atomic mass is 10.1. The molecule has 7 nitrogen and oxygen atoms in total. The van der Waals surface area contributed by atoms with Crippen molar-refractivity contribution in [3.05, 3.63) is 47.8 Å². The molecule has 136 valence electrons. The number of fused-ring (bicyclic) bond motifs is 2. The van der Waals surface area contributed by atoms with Gasteiger partial charge in [0.2, 0.25) is 0 Å². The van der Waals surface area contributed by atoms with E-state index in [4.69, 9.17) is 9.47 Å². The Bertz CT molecular complexity index is 830. The van der Waals surface area contributed by atoms with E-state index < -0.39 is 0 Å². The molecule has 26 heavy (non-hydrogen) atoms. The van der Waals surface area contributed by atoms with Gasteiger partial charge in [0.25, 0.3) is 11.8 Å². The molecule has 1 atom stereocenters. The number of nitrogens with zero attached hydrogens (tertiary/aromatic N) is 1. The summed E-state index contributed by atoms with van der Waals surface area (Å²) in [6.45, 7) is 2.31. The second-order valence-corrected chi connectivity index (χ2v) is 7.10. The lowest BCUT2D eigenvalue weighted by Crippen LogP contribution is -2.33. The molecule has 2 aliphatic rings. The summed E-state index contributed by atoms with van der Waals surface area (Å²) in [6, 6.07) is 8.92. The van der Waals surface area contributed by atoms with Crippen molar-refractivity contribution in [1.29, 1.82) is 0 Å². The van der Waals surface area contributed by atoms with Crippen LogP contribution in [0.4, 0.5) is 5.69 Å². The summed E-state index contributed by atoms with van der Waals surface area (Å²) in [6.07, 6.45) is 2.58. The van der Waals surface area contributed by atoms with Gasteiger partial charge >= 0.3 is 0 Å². The van der Waals surface area contributed by atoms with Gasteiger partial charge in [-0.1, -0.05) is 0 Å². The minimum absolute atomic E-state index is 0.0292. The number of rotatable bonds is 4. The maximum Gasteiger partial charge on any atom is 0.273 e. The number of hydrogen-bond donors (Lipinski definition) is 2. The highest BCUT2D eigenvalue weighted by atomic mass is 32.2. The predicted octanol–water partition coefficient (Wildman–Crippen LogP) is 2.14. The predicted molar refractivity (Wildman–Crippen MR) is 97.6 cm³/mol. The van der Waals surface area contributed by atoms with E-state index in [0.717, 1.165) is 4.90 Å². The highest BCUT2D eigenvalue weighted by Crippen LogP contribution is 2.33. The summed E-state index contributed by atoms with van der Waals surface area (Å²) in [5.74, 6) is -0.360. The molecule has 0 saturated carbocycles. The van der Waals surface area contributed by atoms with E-state index in [-0.39, 0.29) is 17.9 Å². The Labute approximate surface area is 155 Å². The first kappa shape index (κ1) is 17.1. The standard InChI is InChI=1S/C18H19N3O4S/c22-17(19-6-5-13-11-24-8-9-25-13)12-3-4-16-14(10-12)20-18(23)15-2-1-7-21(15)26-16/h1-4,7,10,13H,5-6,8-9,11H2,(H,19,22)(H,20,23)/t13-/m1/s1. The quantitative estimate of drug-likeness (QED) is 0.858. The molecule has 2 aromatic rings. The molecule has 4 rings (SSSR count). The number of ether oxygens (including phenoxy) is 2. The van der Waals surface area contributed by atoms with Gasteiger partial charge in [0, 0.05) is 18.3 Å². The molecule has 0 spiro atoms. The van der Waals surface area contributed by atoms with Gasteiger partial charge < -0.3 is 20.1 Å². The van der Waals surface area contributed by atoms with Gasteiger partial charge in [-0.25, -0.2) is 0 Å². The molecule has 0 bridgehead atoms. The van der Waals surface area contributed by atoms with Crippen LogP contribution in [0.1, 0.15) is 27.3 Å². The molecule has 3 heterocycles. The number of carbonyl (C=O) groups excluding carboxylic acids is 2. The monoisotopic (exact) mass is 373 g/mol. The Hall–Kier alpha value is -2.29. The lowest BCUT2D eigenvalue weighted by Gasteiger charge is -2.22. The first-order valence-corrected chi connectivity index (χ1v) is 9.27. The summed E-state index contributed by atoms with van der Waals surface area (Å²) in [7, 11) is 0. The largest absolute Gasteiger partial charge is 0.376 e. The van der Waals surface area contributed by atoms with Crippen LogP contribution in [-0.2, 0) is 9.47 Å². The molecule has 1 aromatic carbocycles. The third-order valence-electron chi connectivity index (χ3n) is 4.27. The topological polar surface area (TPSA) is 81.6 Å². The van der Waals surface area contributed by atoms with Crippen LogP contribution in [0.25, 0.3) is 0 Å². The lowest BCUT2D eigenvalue weighted by molar-refractivity contribution is -0.0899. The maximum atomic E-state index is 12.4. The molecule has 0 aliphatic carbocycles. The Morgan fingerprint density at radius 2 is 2.27 bits per heavy atom. The van der Waals surface area contributed by atoms with Crippen LogP contribution in [-0.4, -0.2) is 48.3 Å². The SMILES string of the molecule is O=C(NCC[C@@H]1COCCO1)c1ccc2c(c1)NC(=O)c1cccn1S2. The summed E-state index contributed by atoms with van der Waals surface area (Å²) in [5, 5.41) is 5.76. The van der Waals surface area contributed by atoms with Crippen molar-refractivity contribution in [2.45, 2.75) is 17.4 Å². The van der Waals surface area contributed by atoms with E-state index in [1.807, 2.05) is 22.3 Å². The summed E-state index contributed by atoms with van der Waals surface area (Å²) >= 11 is 1.44. The average Bonchev–Trinajstić information content (AvgIpc) is 3.07. The molecule has 0 radical (unpaired) electrons. The fraction of sp³-hybridized carbons (Fsp3) is 0.333. The highest BCUT2D eigenvalue weighted by molar-refractivity contribution is 7.98. The Kier molecular flexibility index (Phi) is 4.96. The van der Waals surface area contributed by atoms with E-state index in [9.17, 15) is 9.59 Å². The second kappa shape index (κ2) is 7.53.